The number of hydrogen-bond acceptors (Lipinski definition) is 2. The lowest BCUT2D eigenvalue weighted by Gasteiger charge is -2.59. The number of carbonyl (C=O) groups excluding carboxylic acids is 1. The van der Waals surface area contributed by atoms with E-state index in [1.54, 1.807) is 0 Å². The molecule has 0 radical (unpaired) electrons. The van der Waals surface area contributed by atoms with E-state index in [0.717, 1.165) is 43.4 Å². The van der Waals surface area contributed by atoms with Crippen molar-refractivity contribution in [2.24, 2.45) is 29.4 Å². The molecule has 0 heterocycles. The highest BCUT2D eigenvalue weighted by Crippen LogP contribution is 2.61. The average molecular weight is 354 g/mol. The molecule has 4 aliphatic carbocycles. The second kappa shape index (κ2) is 6.09. The molecule has 26 heavy (non-hydrogen) atoms. The van der Waals surface area contributed by atoms with E-state index < -0.39 is 0 Å². The summed E-state index contributed by atoms with van der Waals surface area (Å²) in [5, 5.41) is 10.5. The molecule has 5 atom stereocenters. The second-order valence-corrected chi connectivity index (χ2v) is 9.63. The first-order chi connectivity index (χ1) is 12.6. The maximum absolute atomic E-state index is 11.8. The first kappa shape index (κ1) is 16.8. The van der Waals surface area contributed by atoms with Gasteiger partial charge in [0.1, 0.15) is 0 Å². The number of primary amides is 1. The van der Waals surface area contributed by atoms with Gasteiger partial charge in [0.15, 0.2) is 0 Å². The third-order valence-corrected chi connectivity index (χ3v) is 8.45. The summed E-state index contributed by atoms with van der Waals surface area (Å²) >= 11 is 0. The van der Waals surface area contributed by atoms with Crippen LogP contribution in [0.3, 0.4) is 0 Å². The highest BCUT2D eigenvalue weighted by atomic mass is 16.3. The molecule has 1 aromatic carbocycles. The average Bonchev–Trinajstić information content (AvgIpc) is 2.58. The lowest BCUT2D eigenvalue weighted by atomic mass is 9.45. The van der Waals surface area contributed by atoms with E-state index in [1.807, 2.05) is 6.07 Å². The van der Waals surface area contributed by atoms with Crippen molar-refractivity contribution in [3.63, 3.8) is 0 Å². The largest absolute Gasteiger partial charge is 0.393 e. The number of amides is 1. The molecule has 0 aromatic heterocycles. The van der Waals surface area contributed by atoms with Crippen LogP contribution in [-0.4, -0.2) is 17.1 Å². The molecule has 0 aliphatic heterocycles. The van der Waals surface area contributed by atoms with Crippen LogP contribution in [0.15, 0.2) is 18.2 Å². The molecule has 3 saturated carbocycles. The highest BCUT2D eigenvalue weighted by molar-refractivity contribution is 5.93. The van der Waals surface area contributed by atoms with Crippen molar-refractivity contribution in [3.05, 3.63) is 34.9 Å². The Labute approximate surface area is 156 Å². The smallest absolute Gasteiger partial charge is 0.248 e. The first-order valence-electron chi connectivity index (χ1n) is 10.7. The van der Waals surface area contributed by atoms with Crippen LogP contribution in [0.1, 0.15) is 79.3 Å². The summed E-state index contributed by atoms with van der Waals surface area (Å²) in [6, 6.07) is 6.15. The highest BCUT2D eigenvalue weighted by Gasteiger charge is 2.55. The zero-order valence-electron chi connectivity index (χ0n) is 15.6. The molecule has 1 aromatic rings. The quantitative estimate of drug-likeness (QED) is 0.864. The predicted molar refractivity (Wildman–Crippen MR) is 102 cm³/mol. The van der Waals surface area contributed by atoms with E-state index in [2.05, 4.69) is 12.1 Å². The summed E-state index contributed by atoms with van der Waals surface area (Å²) in [7, 11) is 0. The summed E-state index contributed by atoms with van der Waals surface area (Å²) in [4.78, 5) is 11.8. The minimum absolute atomic E-state index is 0.0808. The Kier molecular flexibility index (Phi) is 3.93. The number of aliphatic hydroxyl groups is 1. The van der Waals surface area contributed by atoms with Crippen LogP contribution in [0.4, 0.5) is 0 Å². The number of rotatable bonds is 3. The van der Waals surface area contributed by atoms with Gasteiger partial charge in [-0.1, -0.05) is 25.3 Å². The van der Waals surface area contributed by atoms with Crippen molar-refractivity contribution in [1.82, 2.24) is 0 Å². The van der Waals surface area contributed by atoms with Crippen LogP contribution in [0, 0.1) is 23.7 Å². The number of fused-ring (bicyclic) bond motifs is 1. The van der Waals surface area contributed by atoms with Crippen LogP contribution < -0.4 is 5.73 Å². The van der Waals surface area contributed by atoms with Gasteiger partial charge in [0, 0.05) is 11.0 Å². The molecule has 1 amide bonds. The Bertz CT molecular complexity index is 725. The number of hydrogen-bond donors (Lipinski definition) is 2. The van der Waals surface area contributed by atoms with Crippen molar-refractivity contribution in [2.75, 3.05) is 0 Å². The van der Waals surface area contributed by atoms with Crippen molar-refractivity contribution in [1.29, 1.82) is 0 Å². The van der Waals surface area contributed by atoms with E-state index in [9.17, 15) is 9.90 Å². The normalized spacial score (nSPS) is 38.8. The zero-order valence-corrected chi connectivity index (χ0v) is 15.6. The predicted octanol–water partition coefficient (Wildman–Crippen LogP) is 3.96. The van der Waals surface area contributed by atoms with E-state index in [0.29, 0.717) is 11.5 Å². The third kappa shape index (κ3) is 2.46. The fraction of sp³-hybridized carbons (Fsp3) is 0.696. The molecular weight excluding hydrogens is 322 g/mol. The summed E-state index contributed by atoms with van der Waals surface area (Å²) in [6.07, 6.45) is 12.1. The fourth-order valence-electron chi connectivity index (χ4n) is 7.05. The molecule has 3 fully saturated rings. The molecule has 3 nitrogen and oxygen atoms in total. The van der Waals surface area contributed by atoms with Gasteiger partial charge < -0.3 is 10.8 Å². The molecule has 140 valence electrons. The standard InChI is InChI=1S/C23H31NO2/c24-22(26)17-5-4-16-11-19-15(10-14-2-1-3-14)8-9-23(21(16)12-17)13-18(25)6-7-20(19)23/h4-5,12,14-15,18-20,25H,1-3,6-11,13H2,(H2,24,26). The maximum atomic E-state index is 11.8. The molecule has 5 unspecified atom stereocenters. The van der Waals surface area contributed by atoms with Gasteiger partial charge in [0.25, 0.3) is 0 Å². The summed E-state index contributed by atoms with van der Waals surface area (Å²) in [5.74, 6) is 2.94. The van der Waals surface area contributed by atoms with Gasteiger partial charge in [-0.3, -0.25) is 4.79 Å². The summed E-state index contributed by atoms with van der Waals surface area (Å²) < 4.78 is 0. The molecule has 2 bridgehead atoms. The van der Waals surface area contributed by atoms with Crippen LogP contribution in [0.2, 0.25) is 0 Å². The molecule has 0 spiro atoms. The van der Waals surface area contributed by atoms with Gasteiger partial charge in [-0.25, -0.2) is 0 Å². The maximum Gasteiger partial charge on any atom is 0.248 e. The Hall–Kier alpha value is -1.35. The van der Waals surface area contributed by atoms with Crippen LogP contribution >= 0.6 is 0 Å². The number of nitrogens with two attached hydrogens (primary N) is 1. The third-order valence-electron chi connectivity index (χ3n) is 8.45. The van der Waals surface area contributed by atoms with Crippen molar-refractivity contribution in [3.8, 4) is 0 Å². The number of benzene rings is 1. The summed E-state index contributed by atoms with van der Waals surface area (Å²) in [5.41, 5.74) is 9.05. The lowest BCUT2D eigenvalue weighted by molar-refractivity contribution is -0.0431. The second-order valence-electron chi connectivity index (χ2n) is 9.63. The monoisotopic (exact) mass is 353 g/mol. The molecule has 3 N–H and O–H groups in total. The molecule has 3 heteroatoms. The zero-order chi connectivity index (χ0) is 17.9. The van der Waals surface area contributed by atoms with Gasteiger partial charge in [0.05, 0.1) is 6.10 Å². The Morgan fingerprint density at radius 3 is 2.77 bits per heavy atom. The molecule has 0 saturated heterocycles. The first-order valence-corrected chi connectivity index (χ1v) is 10.7. The van der Waals surface area contributed by atoms with E-state index in [-0.39, 0.29) is 17.4 Å². The number of carbonyl (C=O) groups is 1. The minimum Gasteiger partial charge on any atom is -0.393 e. The van der Waals surface area contributed by atoms with Gasteiger partial charge >= 0.3 is 0 Å². The summed E-state index contributed by atoms with van der Waals surface area (Å²) in [6.45, 7) is 0. The Balaban J connectivity index is 1.55. The van der Waals surface area contributed by atoms with E-state index in [4.69, 9.17) is 5.73 Å². The van der Waals surface area contributed by atoms with Crippen LogP contribution in [0.5, 0.6) is 0 Å². The van der Waals surface area contributed by atoms with Crippen LogP contribution in [0.25, 0.3) is 0 Å². The topological polar surface area (TPSA) is 63.3 Å². The van der Waals surface area contributed by atoms with Gasteiger partial charge in [0.2, 0.25) is 5.91 Å². The van der Waals surface area contributed by atoms with Gasteiger partial charge in [-0.15, -0.1) is 0 Å². The minimum atomic E-state index is -0.335. The van der Waals surface area contributed by atoms with E-state index in [1.165, 1.54) is 49.7 Å². The van der Waals surface area contributed by atoms with Crippen molar-refractivity contribution in [2.45, 2.75) is 75.7 Å². The molecule has 5 rings (SSSR count). The molecular formula is C23H31NO2. The fourth-order valence-corrected chi connectivity index (χ4v) is 7.05. The van der Waals surface area contributed by atoms with Gasteiger partial charge in [-0.05, 0) is 91.9 Å². The van der Waals surface area contributed by atoms with Gasteiger partial charge in [-0.2, -0.15) is 0 Å². The van der Waals surface area contributed by atoms with E-state index >= 15 is 0 Å². The van der Waals surface area contributed by atoms with Crippen LogP contribution in [-0.2, 0) is 11.8 Å². The SMILES string of the molecule is NC(=O)c1ccc2c(c1)C13CCC(CC4CCC4)C(C2)C1CCC(O)C3. The Morgan fingerprint density at radius 1 is 1.19 bits per heavy atom. The van der Waals surface area contributed by atoms with Crippen molar-refractivity contribution < 1.29 is 9.90 Å². The lowest BCUT2D eigenvalue weighted by Crippen LogP contribution is -2.55. The van der Waals surface area contributed by atoms with Crippen molar-refractivity contribution >= 4 is 5.91 Å². The number of aliphatic hydroxyl groups excluding tert-OH is 1. The Morgan fingerprint density at radius 2 is 2.04 bits per heavy atom. The molecule has 4 aliphatic rings.